The molecule has 0 bridgehead atoms. The summed E-state index contributed by atoms with van der Waals surface area (Å²) in [4.78, 5) is 10.7. The highest BCUT2D eigenvalue weighted by Crippen LogP contribution is 2.32. The van der Waals surface area contributed by atoms with Crippen LogP contribution in [0, 0.1) is 24.0 Å². The highest BCUT2D eigenvalue weighted by molar-refractivity contribution is 5.53. The number of hydrogen-bond donors (Lipinski definition) is 1. The highest BCUT2D eigenvalue weighted by Gasteiger charge is 2.21. The molecule has 108 valence electrons. The minimum atomic E-state index is -0.402. The second-order valence-corrected chi connectivity index (χ2v) is 5.38. The number of nitro benzene ring substituents is 1. The van der Waals surface area contributed by atoms with Crippen LogP contribution in [0.4, 0.5) is 5.69 Å². The summed E-state index contributed by atoms with van der Waals surface area (Å²) in [5.41, 5.74) is 2.55. The second kappa shape index (κ2) is 6.05. The summed E-state index contributed by atoms with van der Waals surface area (Å²) in [6, 6.07) is 4.03. The van der Waals surface area contributed by atoms with Crippen molar-refractivity contribution in [2.24, 2.45) is 0 Å². The summed E-state index contributed by atoms with van der Waals surface area (Å²) < 4.78 is 5.62. The molecule has 0 aliphatic heterocycles. The van der Waals surface area contributed by atoms with E-state index in [-0.39, 0.29) is 5.69 Å². The van der Waals surface area contributed by atoms with Gasteiger partial charge in [-0.1, -0.05) is 12.6 Å². The number of benzene rings is 1. The first-order valence-corrected chi connectivity index (χ1v) is 6.76. The number of ether oxygens (including phenoxy) is 1. The molecule has 5 nitrogen and oxygen atoms in total. The van der Waals surface area contributed by atoms with E-state index < -0.39 is 4.92 Å². The van der Waals surface area contributed by atoms with Gasteiger partial charge in [-0.25, -0.2) is 0 Å². The van der Waals surface area contributed by atoms with E-state index in [1.807, 2.05) is 19.9 Å². The molecule has 1 fully saturated rings. The molecule has 0 heterocycles. The van der Waals surface area contributed by atoms with E-state index in [2.05, 4.69) is 11.9 Å². The fourth-order valence-electron chi connectivity index (χ4n) is 2.06. The first kappa shape index (κ1) is 14.5. The predicted octanol–water partition coefficient (Wildman–Crippen LogP) is 2.90. The van der Waals surface area contributed by atoms with Crippen LogP contribution < -0.4 is 10.1 Å². The molecule has 5 heteroatoms. The van der Waals surface area contributed by atoms with Crippen molar-refractivity contribution in [3.63, 3.8) is 0 Å². The molecule has 1 aliphatic rings. The minimum absolute atomic E-state index is 0.0189. The zero-order valence-corrected chi connectivity index (χ0v) is 11.9. The predicted molar refractivity (Wildman–Crippen MR) is 78.2 cm³/mol. The summed E-state index contributed by atoms with van der Waals surface area (Å²) in [5.74, 6) is 0.341. The Hall–Kier alpha value is -1.88. The van der Waals surface area contributed by atoms with Crippen molar-refractivity contribution in [1.29, 1.82) is 0 Å². The maximum atomic E-state index is 11.1. The molecule has 1 aliphatic carbocycles. The van der Waals surface area contributed by atoms with Crippen molar-refractivity contribution in [1.82, 2.24) is 5.32 Å². The van der Waals surface area contributed by atoms with E-state index >= 15 is 0 Å². The number of hydrogen-bond acceptors (Lipinski definition) is 4. The normalized spacial score (nSPS) is 14.1. The van der Waals surface area contributed by atoms with Crippen molar-refractivity contribution in [3.8, 4) is 5.75 Å². The van der Waals surface area contributed by atoms with Crippen LogP contribution in [-0.2, 0) is 0 Å². The van der Waals surface area contributed by atoms with Crippen molar-refractivity contribution < 1.29 is 9.66 Å². The summed E-state index contributed by atoms with van der Waals surface area (Å²) in [6.07, 6.45) is 2.44. The number of nitro groups is 1. The monoisotopic (exact) mass is 276 g/mol. The molecule has 0 radical (unpaired) electrons. The first-order valence-electron chi connectivity index (χ1n) is 6.76. The van der Waals surface area contributed by atoms with Crippen molar-refractivity contribution in [2.45, 2.75) is 32.7 Å². The molecular weight excluding hydrogens is 256 g/mol. The summed E-state index contributed by atoms with van der Waals surface area (Å²) in [6.45, 7) is 8.58. The van der Waals surface area contributed by atoms with Gasteiger partial charge in [0.15, 0.2) is 5.75 Å². The Morgan fingerprint density at radius 3 is 2.80 bits per heavy atom. The van der Waals surface area contributed by atoms with Gasteiger partial charge in [-0.05, 0) is 43.4 Å². The topological polar surface area (TPSA) is 64.4 Å². The fourth-order valence-corrected chi connectivity index (χ4v) is 2.06. The molecule has 0 aromatic heterocycles. The maximum absolute atomic E-state index is 11.1. The Balaban J connectivity index is 2.00. The average Bonchev–Trinajstić information content (AvgIpc) is 3.18. The molecule has 0 spiro atoms. The molecule has 20 heavy (non-hydrogen) atoms. The summed E-state index contributed by atoms with van der Waals surface area (Å²) in [7, 11) is 0. The van der Waals surface area contributed by atoms with Crippen LogP contribution in [0.5, 0.6) is 5.75 Å². The average molecular weight is 276 g/mol. The van der Waals surface area contributed by atoms with E-state index in [0.29, 0.717) is 24.9 Å². The van der Waals surface area contributed by atoms with Gasteiger partial charge in [0.05, 0.1) is 4.92 Å². The molecule has 1 N–H and O–H groups in total. The minimum Gasteiger partial charge on any atom is -0.482 e. The molecule has 1 aromatic rings. The van der Waals surface area contributed by atoms with E-state index in [0.717, 1.165) is 16.7 Å². The Kier molecular flexibility index (Phi) is 4.39. The molecular formula is C15H20N2O3. The van der Waals surface area contributed by atoms with Crippen LogP contribution in [-0.4, -0.2) is 24.1 Å². The molecule has 1 saturated carbocycles. The number of nitrogens with zero attached hydrogens (tertiary/aromatic N) is 1. The third-order valence-electron chi connectivity index (χ3n) is 3.23. The van der Waals surface area contributed by atoms with Gasteiger partial charge in [0, 0.05) is 18.7 Å². The number of rotatable bonds is 7. The quantitative estimate of drug-likeness (QED) is 0.472. The largest absolute Gasteiger partial charge is 0.482 e. The maximum Gasteiger partial charge on any atom is 0.311 e. The molecule has 2 rings (SSSR count). The van der Waals surface area contributed by atoms with Gasteiger partial charge in [-0.2, -0.15) is 0 Å². The lowest BCUT2D eigenvalue weighted by atomic mass is 10.1. The third-order valence-corrected chi connectivity index (χ3v) is 3.23. The van der Waals surface area contributed by atoms with Gasteiger partial charge in [-0.3, -0.25) is 10.1 Å². The van der Waals surface area contributed by atoms with Crippen LogP contribution in [0.3, 0.4) is 0 Å². The van der Waals surface area contributed by atoms with Crippen molar-refractivity contribution in [2.75, 3.05) is 13.2 Å². The summed E-state index contributed by atoms with van der Waals surface area (Å²) >= 11 is 0. The Morgan fingerprint density at radius 2 is 2.20 bits per heavy atom. The highest BCUT2D eigenvalue weighted by atomic mass is 16.6. The zero-order valence-electron chi connectivity index (χ0n) is 11.9. The Labute approximate surface area is 118 Å². The fraction of sp³-hybridized carbons (Fsp3) is 0.467. The van der Waals surface area contributed by atoms with Gasteiger partial charge < -0.3 is 10.1 Å². The molecule has 0 amide bonds. The number of aryl methyl sites for hydroxylation is 2. The van der Waals surface area contributed by atoms with Crippen molar-refractivity contribution >= 4 is 5.69 Å². The van der Waals surface area contributed by atoms with Crippen molar-refractivity contribution in [3.05, 3.63) is 45.5 Å². The molecule has 0 unspecified atom stereocenters. The van der Waals surface area contributed by atoms with Gasteiger partial charge >= 0.3 is 5.69 Å². The van der Waals surface area contributed by atoms with Gasteiger partial charge in [-0.15, -0.1) is 0 Å². The SMILES string of the molecule is C=C(CNC1CC1)COc1c(C)cc(C)cc1[N+](=O)[O-]. The Bertz CT molecular complexity index is 536. The van der Waals surface area contributed by atoms with Crippen LogP contribution in [0.15, 0.2) is 24.3 Å². The van der Waals surface area contributed by atoms with Gasteiger partial charge in [0.1, 0.15) is 6.61 Å². The number of nitrogens with one attached hydrogen (secondary N) is 1. The smallest absolute Gasteiger partial charge is 0.311 e. The lowest BCUT2D eigenvalue weighted by Crippen LogP contribution is -2.21. The Morgan fingerprint density at radius 1 is 1.50 bits per heavy atom. The van der Waals surface area contributed by atoms with Gasteiger partial charge in [0.25, 0.3) is 0 Å². The van der Waals surface area contributed by atoms with Crippen LogP contribution in [0.1, 0.15) is 24.0 Å². The molecule has 0 atom stereocenters. The van der Waals surface area contributed by atoms with E-state index in [1.54, 1.807) is 0 Å². The lowest BCUT2D eigenvalue weighted by molar-refractivity contribution is -0.385. The van der Waals surface area contributed by atoms with Crippen LogP contribution in [0.2, 0.25) is 0 Å². The van der Waals surface area contributed by atoms with Crippen LogP contribution in [0.25, 0.3) is 0 Å². The van der Waals surface area contributed by atoms with Gasteiger partial charge in [0.2, 0.25) is 0 Å². The van der Waals surface area contributed by atoms with Crippen LogP contribution >= 0.6 is 0 Å². The molecule has 0 saturated heterocycles. The zero-order chi connectivity index (χ0) is 14.7. The third kappa shape index (κ3) is 3.81. The molecule has 1 aromatic carbocycles. The van der Waals surface area contributed by atoms with E-state index in [4.69, 9.17) is 4.74 Å². The first-order chi connectivity index (χ1) is 9.47. The van der Waals surface area contributed by atoms with E-state index in [1.165, 1.54) is 18.9 Å². The summed E-state index contributed by atoms with van der Waals surface area (Å²) in [5, 5.41) is 14.4. The van der Waals surface area contributed by atoms with E-state index in [9.17, 15) is 10.1 Å². The standard InChI is InChI=1S/C15H20N2O3/c1-10-6-12(3)15(14(7-10)17(18)19)20-9-11(2)8-16-13-4-5-13/h6-7,13,16H,2,4-5,8-9H2,1,3H3. The lowest BCUT2D eigenvalue weighted by Gasteiger charge is -2.12. The second-order valence-electron chi connectivity index (χ2n) is 5.38.